The molecule has 0 saturated heterocycles. The Kier molecular flexibility index (Phi) is 5.59. The van der Waals surface area contributed by atoms with Crippen molar-refractivity contribution in [2.75, 3.05) is 0 Å². The summed E-state index contributed by atoms with van der Waals surface area (Å²) in [5, 5.41) is 0. The van der Waals surface area contributed by atoms with Gasteiger partial charge in [-0.05, 0) is 93.3 Å². The lowest BCUT2D eigenvalue weighted by molar-refractivity contribution is 0.148. The van der Waals surface area contributed by atoms with Crippen molar-refractivity contribution in [1.29, 1.82) is 0 Å². The molecule has 0 aliphatic heterocycles. The minimum Gasteiger partial charge on any atom is -0.0736 e. The van der Waals surface area contributed by atoms with Crippen LogP contribution in [0.15, 0.2) is 11.1 Å². The smallest absolute Gasteiger partial charge is 0.0195 e. The van der Waals surface area contributed by atoms with Gasteiger partial charge in [0.2, 0.25) is 0 Å². The Morgan fingerprint density at radius 3 is 1.91 bits per heavy atom. The third-order valence-electron chi connectivity index (χ3n) is 8.23. The molecule has 0 aromatic heterocycles. The summed E-state index contributed by atoms with van der Waals surface area (Å²) >= 11 is 0. The first-order valence-electron chi connectivity index (χ1n) is 10.6. The van der Waals surface area contributed by atoms with Gasteiger partial charge in [0.1, 0.15) is 0 Å². The van der Waals surface area contributed by atoms with Crippen LogP contribution >= 0.6 is 0 Å². The van der Waals surface area contributed by atoms with Crippen LogP contribution in [-0.4, -0.2) is 0 Å². The molecule has 3 atom stereocenters. The molecular formula is C23H40. The predicted molar refractivity (Wildman–Crippen MR) is 101 cm³/mol. The maximum absolute atomic E-state index is 2.50. The zero-order valence-electron chi connectivity index (χ0n) is 16.4. The van der Waals surface area contributed by atoms with Crippen LogP contribution in [0.5, 0.6) is 0 Å². The average molecular weight is 317 g/mol. The van der Waals surface area contributed by atoms with Crippen LogP contribution in [0.2, 0.25) is 0 Å². The van der Waals surface area contributed by atoms with E-state index in [0.29, 0.717) is 0 Å². The van der Waals surface area contributed by atoms with Crippen molar-refractivity contribution in [3.05, 3.63) is 11.1 Å². The molecule has 0 heteroatoms. The van der Waals surface area contributed by atoms with E-state index >= 15 is 0 Å². The summed E-state index contributed by atoms with van der Waals surface area (Å²) in [5.41, 5.74) is 3.70. The van der Waals surface area contributed by atoms with Gasteiger partial charge in [-0.15, -0.1) is 0 Å². The number of hydrogen-bond acceptors (Lipinski definition) is 0. The second kappa shape index (κ2) is 7.32. The molecule has 132 valence electrons. The molecule has 0 aromatic carbocycles. The Labute approximate surface area is 145 Å². The first-order chi connectivity index (χ1) is 11.0. The topological polar surface area (TPSA) is 0 Å². The van der Waals surface area contributed by atoms with Crippen LogP contribution in [0.4, 0.5) is 0 Å². The zero-order chi connectivity index (χ0) is 16.6. The Hall–Kier alpha value is -0.260. The van der Waals surface area contributed by atoms with Crippen LogP contribution in [0.3, 0.4) is 0 Å². The standard InChI is InChI=1S/C23H40/c1-15-6-8-20(9-7-15)21-10-11-23(18(4)14-21)22-12-16(2)19(5)17(3)13-22/h15-17,19-22H,6-14H2,1-5H3. The molecule has 0 nitrogen and oxygen atoms in total. The molecule has 3 aliphatic carbocycles. The van der Waals surface area contributed by atoms with Gasteiger partial charge < -0.3 is 0 Å². The fourth-order valence-electron chi connectivity index (χ4n) is 6.16. The lowest BCUT2D eigenvalue weighted by Crippen LogP contribution is -2.31. The maximum Gasteiger partial charge on any atom is -0.0195 e. The highest BCUT2D eigenvalue weighted by Gasteiger charge is 2.35. The van der Waals surface area contributed by atoms with E-state index in [4.69, 9.17) is 0 Å². The molecule has 0 aromatic rings. The summed E-state index contributed by atoms with van der Waals surface area (Å²) in [6.45, 7) is 12.4. The van der Waals surface area contributed by atoms with Crippen molar-refractivity contribution in [3.8, 4) is 0 Å². The summed E-state index contributed by atoms with van der Waals surface area (Å²) in [6, 6.07) is 0. The largest absolute Gasteiger partial charge is 0.0736 e. The van der Waals surface area contributed by atoms with Gasteiger partial charge in [0.25, 0.3) is 0 Å². The van der Waals surface area contributed by atoms with Crippen LogP contribution in [0.25, 0.3) is 0 Å². The van der Waals surface area contributed by atoms with Crippen molar-refractivity contribution in [2.45, 2.75) is 92.4 Å². The highest BCUT2D eigenvalue weighted by molar-refractivity contribution is 5.20. The molecule has 3 aliphatic rings. The van der Waals surface area contributed by atoms with Crippen LogP contribution < -0.4 is 0 Å². The maximum atomic E-state index is 2.50. The minimum atomic E-state index is 0.918. The molecule has 3 rings (SSSR count). The zero-order valence-corrected chi connectivity index (χ0v) is 16.4. The van der Waals surface area contributed by atoms with Gasteiger partial charge in [-0.25, -0.2) is 0 Å². The van der Waals surface area contributed by atoms with E-state index in [1.54, 1.807) is 5.57 Å². The number of rotatable bonds is 2. The summed E-state index contributed by atoms with van der Waals surface area (Å²) in [6.07, 6.45) is 13.3. The molecular weight excluding hydrogens is 276 g/mol. The van der Waals surface area contributed by atoms with Crippen molar-refractivity contribution in [1.82, 2.24) is 0 Å². The monoisotopic (exact) mass is 316 g/mol. The quantitative estimate of drug-likeness (QED) is 0.471. The molecule has 3 unspecified atom stereocenters. The lowest BCUT2D eigenvalue weighted by atomic mass is 9.64. The molecule has 23 heavy (non-hydrogen) atoms. The van der Waals surface area contributed by atoms with Gasteiger partial charge in [0.15, 0.2) is 0 Å². The van der Waals surface area contributed by atoms with E-state index in [0.717, 1.165) is 41.4 Å². The summed E-state index contributed by atoms with van der Waals surface area (Å²) in [4.78, 5) is 0. The molecule has 2 fully saturated rings. The molecule has 0 spiro atoms. The first-order valence-corrected chi connectivity index (χ1v) is 10.6. The lowest BCUT2D eigenvalue weighted by Gasteiger charge is -2.42. The molecule has 0 amide bonds. The van der Waals surface area contributed by atoms with Crippen molar-refractivity contribution in [3.63, 3.8) is 0 Å². The van der Waals surface area contributed by atoms with Gasteiger partial charge in [0, 0.05) is 0 Å². The summed E-state index contributed by atoms with van der Waals surface area (Å²) in [5.74, 6) is 6.74. The van der Waals surface area contributed by atoms with Crippen molar-refractivity contribution >= 4 is 0 Å². The van der Waals surface area contributed by atoms with Gasteiger partial charge in [0.05, 0.1) is 0 Å². The van der Waals surface area contributed by atoms with Gasteiger partial charge in [-0.3, -0.25) is 0 Å². The Bertz CT molecular complexity index is 411. The Balaban J connectivity index is 1.63. The van der Waals surface area contributed by atoms with Crippen LogP contribution in [0, 0.1) is 41.4 Å². The van der Waals surface area contributed by atoms with E-state index in [1.165, 1.54) is 57.8 Å². The third kappa shape index (κ3) is 3.88. The van der Waals surface area contributed by atoms with Crippen LogP contribution in [0.1, 0.15) is 92.4 Å². The molecule has 0 radical (unpaired) electrons. The molecule has 0 N–H and O–H groups in total. The second-order valence-corrected chi connectivity index (χ2v) is 9.81. The molecule has 0 heterocycles. The normalized spacial score (nSPS) is 46.0. The fourth-order valence-corrected chi connectivity index (χ4v) is 6.16. The highest BCUT2D eigenvalue weighted by atomic mass is 14.4. The van der Waals surface area contributed by atoms with Crippen molar-refractivity contribution in [2.24, 2.45) is 41.4 Å². The SMILES string of the molecule is CC1=C(C2CC(C)C(C)C(C)C2)CCC(C2CCC(C)CC2)C1. The highest BCUT2D eigenvalue weighted by Crippen LogP contribution is 2.47. The summed E-state index contributed by atoms with van der Waals surface area (Å²) in [7, 11) is 0. The van der Waals surface area contributed by atoms with Gasteiger partial charge in [-0.1, -0.05) is 51.7 Å². The predicted octanol–water partition coefficient (Wildman–Crippen LogP) is 7.25. The molecule has 2 saturated carbocycles. The third-order valence-corrected chi connectivity index (χ3v) is 8.23. The second-order valence-electron chi connectivity index (χ2n) is 9.81. The molecule has 0 bridgehead atoms. The number of allylic oxidation sites excluding steroid dienone is 2. The van der Waals surface area contributed by atoms with E-state index in [-0.39, 0.29) is 0 Å². The van der Waals surface area contributed by atoms with E-state index < -0.39 is 0 Å². The Morgan fingerprint density at radius 2 is 1.35 bits per heavy atom. The first kappa shape index (κ1) is 17.6. The van der Waals surface area contributed by atoms with E-state index in [1.807, 2.05) is 5.57 Å². The average Bonchev–Trinajstić information content (AvgIpc) is 2.53. The minimum absolute atomic E-state index is 0.918. The van der Waals surface area contributed by atoms with E-state index in [2.05, 4.69) is 34.6 Å². The fraction of sp³-hybridized carbons (Fsp3) is 0.913. The van der Waals surface area contributed by atoms with Crippen LogP contribution in [-0.2, 0) is 0 Å². The van der Waals surface area contributed by atoms with Gasteiger partial charge >= 0.3 is 0 Å². The van der Waals surface area contributed by atoms with Crippen molar-refractivity contribution < 1.29 is 0 Å². The number of hydrogen-bond donors (Lipinski definition) is 0. The van der Waals surface area contributed by atoms with Gasteiger partial charge in [-0.2, -0.15) is 0 Å². The Morgan fingerprint density at radius 1 is 0.739 bits per heavy atom. The summed E-state index contributed by atoms with van der Waals surface area (Å²) < 4.78 is 0. The van der Waals surface area contributed by atoms with E-state index in [9.17, 15) is 0 Å².